The number of aliphatic imine (C=N–C) groups is 1. The van der Waals surface area contributed by atoms with Crippen LogP contribution in [0, 0.1) is 16.0 Å². The number of anilines is 1. The Labute approximate surface area is 272 Å². The summed E-state index contributed by atoms with van der Waals surface area (Å²) in [6.07, 6.45) is 5.47. The largest absolute Gasteiger partial charge is 0.393 e. The van der Waals surface area contributed by atoms with Crippen molar-refractivity contribution in [1.29, 1.82) is 0 Å². The Balaban J connectivity index is 0.00000462. The van der Waals surface area contributed by atoms with E-state index in [4.69, 9.17) is 17.2 Å². The number of halogens is 2. The predicted octanol–water partition coefficient (Wildman–Crippen LogP) is 1.56. The highest BCUT2D eigenvalue weighted by molar-refractivity contribution is 8.93. The van der Waals surface area contributed by atoms with E-state index in [-0.39, 0.29) is 76.3 Å². The number of aliphatic hydroxyl groups is 1. The van der Waals surface area contributed by atoms with E-state index in [1.54, 1.807) is 0 Å². The molecule has 9 N–H and O–H groups in total. The highest BCUT2D eigenvalue weighted by Gasteiger charge is 2.36. The molecule has 1 saturated heterocycles. The van der Waals surface area contributed by atoms with Crippen molar-refractivity contribution in [2.45, 2.75) is 88.4 Å². The molecule has 3 rings (SSSR count). The van der Waals surface area contributed by atoms with Gasteiger partial charge in [-0.25, -0.2) is 0 Å². The van der Waals surface area contributed by atoms with Gasteiger partial charge in [0.15, 0.2) is 5.96 Å². The molecule has 0 spiro atoms. The maximum atomic E-state index is 13.9. The summed E-state index contributed by atoms with van der Waals surface area (Å²) >= 11 is 0. The molecule has 1 aliphatic carbocycles. The van der Waals surface area contributed by atoms with Crippen LogP contribution in [0.5, 0.6) is 0 Å². The van der Waals surface area contributed by atoms with Crippen LogP contribution in [-0.2, 0) is 14.4 Å². The number of nitro groups is 1. The summed E-state index contributed by atoms with van der Waals surface area (Å²) in [5.74, 6) is -1.70. The average molecular weight is 737 g/mol. The first-order valence-electron chi connectivity index (χ1n) is 14.2. The summed E-state index contributed by atoms with van der Waals surface area (Å²) in [5.41, 5.74) is 17.4. The predicted molar refractivity (Wildman–Crippen MR) is 174 cm³/mol. The second-order valence-electron chi connectivity index (χ2n) is 10.8. The maximum Gasteiger partial charge on any atom is 0.269 e. The fraction of sp³-hybridized carbons (Fsp3) is 0.630. The molecule has 2 aliphatic rings. The lowest BCUT2D eigenvalue weighted by Gasteiger charge is -2.34. The number of guanidine groups is 1. The van der Waals surface area contributed by atoms with Crippen molar-refractivity contribution in [2.75, 3.05) is 18.0 Å². The molecule has 3 amide bonds. The van der Waals surface area contributed by atoms with E-state index in [9.17, 15) is 29.6 Å². The monoisotopic (exact) mass is 734 g/mol. The van der Waals surface area contributed by atoms with Crippen LogP contribution < -0.4 is 32.7 Å². The van der Waals surface area contributed by atoms with Gasteiger partial charge in [0, 0.05) is 24.4 Å². The molecular formula is C27H44Br2N8O6. The van der Waals surface area contributed by atoms with Gasteiger partial charge in [0.25, 0.3) is 5.69 Å². The summed E-state index contributed by atoms with van der Waals surface area (Å²) in [7, 11) is 0. The average Bonchev–Trinajstić information content (AvgIpc) is 2.96. The highest BCUT2D eigenvalue weighted by Crippen LogP contribution is 2.30. The van der Waals surface area contributed by atoms with Crippen molar-refractivity contribution in [1.82, 2.24) is 10.6 Å². The lowest BCUT2D eigenvalue weighted by molar-refractivity contribution is -0.384. The molecule has 0 bridgehead atoms. The van der Waals surface area contributed by atoms with E-state index in [2.05, 4.69) is 15.6 Å². The summed E-state index contributed by atoms with van der Waals surface area (Å²) in [5, 5.41) is 26.7. The van der Waals surface area contributed by atoms with E-state index < -0.39 is 40.8 Å². The van der Waals surface area contributed by atoms with Gasteiger partial charge in [-0.05, 0) is 82.4 Å². The topological polar surface area (TPSA) is 232 Å². The van der Waals surface area contributed by atoms with Crippen LogP contribution in [0.4, 0.5) is 11.4 Å². The fourth-order valence-electron chi connectivity index (χ4n) is 5.45. The van der Waals surface area contributed by atoms with Gasteiger partial charge in [-0.1, -0.05) is 6.42 Å². The van der Waals surface area contributed by atoms with Crippen LogP contribution >= 0.6 is 34.0 Å². The molecule has 1 aliphatic heterocycles. The Kier molecular flexibility index (Phi) is 16.8. The van der Waals surface area contributed by atoms with Gasteiger partial charge in [-0.15, -0.1) is 34.0 Å². The zero-order valence-electron chi connectivity index (χ0n) is 24.1. The Hall–Kier alpha value is -2.66. The number of nitrogens with one attached hydrogen (secondary N) is 2. The molecule has 1 unspecified atom stereocenters. The van der Waals surface area contributed by atoms with Crippen molar-refractivity contribution < 1.29 is 24.4 Å². The first kappa shape index (κ1) is 38.4. The number of carbonyl (C=O) groups is 3. The number of aliphatic hydroxyl groups excluding tert-OH is 1. The smallest absolute Gasteiger partial charge is 0.269 e. The number of carbonyl (C=O) groups excluding carboxylic acids is 3. The number of rotatable bonds is 12. The second kappa shape index (κ2) is 18.9. The third-order valence-electron chi connectivity index (χ3n) is 7.71. The number of nitrogens with two attached hydrogens (primary N) is 3. The number of nitrogens with zero attached hydrogens (tertiary/aromatic N) is 3. The molecule has 2 fully saturated rings. The third-order valence-corrected chi connectivity index (χ3v) is 7.71. The Morgan fingerprint density at radius 2 is 1.74 bits per heavy atom. The third kappa shape index (κ3) is 11.7. The minimum atomic E-state index is -1.16. The summed E-state index contributed by atoms with van der Waals surface area (Å²) in [6.45, 7) is 0.845. The van der Waals surface area contributed by atoms with Crippen LogP contribution in [0.25, 0.3) is 0 Å². The normalized spacial score (nSPS) is 21.1. The lowest BCUT2D eigenvalue weighted by atomic mass is 9.83. The number of benzene rings is 1. The molecule has 242 valence electrons. The molecule has 0 aromatic heterocycles. The number of non-ortho nitro benzene ring substituents is 1. The minimum Gasteiger partial charge on any atom is -0.393 e. The molecular weight excluding hydrogens is 692 g/mol. The first-order chi connectivity index (χ1) is 19.6. The van der Waals surface area contributed by atoms with Gasteiger partial charge in [0.1, 0.15) is 6.04 Å². The van der Waals surface area contributed by atoms with Crippen molar-refractivity contribution in [2.24, 2.45) is 28.1 Å². The highest BCUT2D eigenvalue weighted by atomic mass is 79.9. The van der Waals surface area contributed by atoms with Crippen molar-refractivity contribution in [3.63, 3.8) is 0 Å². The van der Waals surface area contributed by atoms with E-state index in [1.165, 1.54) is 29.2 Å². The van der Waals surface area contributed by atoms with Gasteiger partial charge >= 0.3 is 0 Å². The van der Waals surface area contributed by atoms with Gasteiger partial charge in [-0.3, -0.25) is 39.7 Å². The van der Waals surface area contributed by atoms with Crippen LogP contribution in [0.1, 0.15) is 64.2 Å². The molecule has 0 radical (unpaired) electrons. The SMILES string of the molecule is Br.Br.NC(N)=NCCC[C@@H](C(=O)NC(=O)C1CCCCN1)N(C(=O)[C@H](N)CC1CCC(O)CC1)c1ccc([N+](=O)[O-])cc1. The number of hydrogen-bond acceptors (Lipinski definition) is 9. The molecule has 3 atom stereocenters. The quantitative estimate of drug-likeness (QED) is 0.0596. The summed E-state index contributed by atoms with van der Waals surface area (Å²) in [4.78, 5) is 56.4. The lowest BCUT2D eigenvalue weighted by Crippen LogP contribution is -2.57. The number of imide groups is 1. The van der Waals surface area contributed by atoms with Gasteiger partial charge < -0.3 is 27.6 Å². The molecule has 1 aromatic rings. The van der Waals surface area contributed by atoms with E-state index in [1.807, 2.05) is 0 Å². The van der Waals surface area contributed by atoms with Gasteiger partial charge in [-0.2, -0.15) is 0 Å². The first-order valence-corrected chi connectivity index (χ1v) is 14.2. The van der Waals surface area contributed by atoms with E-state index in [0.717, 1.165) is 25.7 Å². The Bertz CT molecular complexity index is 1090. The molecule has 1 saturated carbocycles. The zero-order chi connectivity index (χ0) is 29.9. The molecule has 14 nitrogen and oxygen atoms in total. The molecule has 43 heavy (non-hydrogen) atoms. The standard InChI is InChI=1S/C27H42N8O6.2BrH/c28-21(16-17-6-12-20(36)13-7-17)26(39)34(18-8-10-19(11-9-18)35(40)41)23(5-3-15-32-27(29)30)25(38)33-24(37)22-4-1-2-14-31-22;;/h8-11,17,20-23,31,36H,1-7,12-16,28H2,(H4,29,30,32)(H,33,37,38);2*1H/t17?,20?,21-,22?,23+;;/m1../s1. The summed E-state index contributed by atoms with van der Waals surface area (Å²) in [6, 6.07) is 2.60. The Morgan fingerprint density at radius 1 is 1.09 bits per heavy atom. The van der Waals surface area contributed by atoms with Gasteiger partial charge in [0.2, 0.25) is 17.7 Å². The summed E-state index contributed by atoms with van der Waals surface area (Å²) < 4.78 is 0. The van der Waals surface area contributed by atoms with Crippen LogP contribution in [0.3, 0.4) is 0 Å². The second-order valence-corrected chi connectivity index (χ2v) is 10.8. The van der Waals surface area contributed by atoms with E-state index in [0.29, 0.717) is 38.6 Å². The van der Waals surface area contributed by atoms with Crippen LogP contribution in [0.2, 0.25) is 0 Å². The molecule has 1 aromatic carbocycles. The van der Waals surface area contributed by atoms with Crippen LogP contribution in [0.15, 0.2) is 29.3 Å². The Morgan fingerprint density at radius 3 is 2.30 bits per heavy atom. The zero-order valence-corrected chi connectivity index (χ0v) is 27.5. The maximum absolute atomic E-state index is 13.9. The molecule has 16 heteroatoms. The number of hydrogen-bond donors (Lipinski definition) is 6. The molecule has 1 heterocycles. The van der Waals surface area contributed by atoms with Crippen molar-refractivity contribution in [3.05, 3.63) is 34.4 Å². The number of piperidine rings is 1. The van der Waals surface area contributed by atoms with Crippen molar-refractivity contribution in [3.8, 4) is 0 Å². The van der Waals surface area contributed by atoms with Gasteiger partial charge in [0.05, 0.1) is 23.1 Å². The number of amides is 3. The minimum absolute atomic E-state index is 0. The van der Waals surface area contributed by atoms with Crippen molar-refractivity contribution >= 4 is 69.0 Å². The van der Waals surface area contributed by atoms with Crippen LogP contribution in [-0.4, -0.2) is 71.0 Å². The fourth-order valence-corrected chi connectivity index (χ4v) is 5.45. The number of nitro benzene ring substituents is 1. The van der Waals surface area contributed by atoms with E-state index >= 15 is 0 Å².